The SMILES string of the molecule is O=C(/C=C/c1ccc(/C=C/c2ccncc2)nc1)NCc1cccn1-c1ccc(Cl)c(CO)c1Cl. The first-order valence-electron chi connectivity index (χ1n) is 10.8. The number of hydrogen-bond donors (Lipinski definition) is 2. The van der Waals surface area contributed by atoms with Crippen LogP contribution < -0.4 is 5.32 Å². The lowest BCUT2D eigenvalue weighted by atomic mass is 10.2. The van der Waals surface area contributed by atoms with E-state index in [1.54, 1.807) is 36.8 Å². The summed E-state index contributed by atoms with van der Waals surface area (Å²) in [5, 5.41) is 13.2. The highest BCUT2D eigenvalue weighted by molar-refractivity contribution is 6.37. The zero-order valence-corrected chi connectivity index (χ0v) is 20.1. The number of halogens is 2. The molecule has 0 unspecified atom stereocenters. The zero-order valence-electron chi connectivity index (χ0n) is 18.6. The highest BCUT2D eigenvalue weighted by Gasteiger charge is 2.13. The largest absolute Gasteiger partial charge is 0.392 e. The monoisotopic (exact) mass is 504 g/mol. The summed E-state index contributed by atoms with van der Waals surface area (Å²) < 4.78 is 1.85. The van der Waals surface area contributed by atoms with E-state index < -0.39 is 0 Å². The molecule has 1 amide bonds. The minimum atomic E-state index is -0.263. The number of benzene rings is 1. The van der Waals surface area contributed by atoms with Gasteiger partial charge in [0, 0.05) is 47.1 Å². The summed E-state index contributed by atoms with van der Waals surface area (Å²) in [6.07, 6.45) is 14.1. The van der Waals surface area contributed by atoms with Gasteiger partial charge in [0.15, 0.2) is 0 Å². The molecule has 0 saturated heterocycles. The molecule has 4 aromatic rings. The highest BCUT2D eigenvalue weighted by atomic mass is 35.5. The first-order chi connectivity index (χ1) is 17.0. The molecule has 0 saturated carbocycles. The fraction of sp³-hybridized carbons (Fsp3) is 0.0741. The molecule has 4 rings (SSSR count). The molecular weight excluding hydrogens is 483 g/mol. The van der Waals surface area contributed by atoms with Gasteiger partial charge in [0.05, 0.1) is 29.6 Å². The Hall–Kier alpha value is -3.71. The van der Waals surface area contributed by atoms with Gasteiger partial charge in [-0.1, -0.05) is 35.3 Å². The van der Waals surface area contributed by atoms with Crippen molar-refractivity contribution in [3.63, 3.8) is 0 Å². The molecular formula is C27H22Cl2N4O2. The van der Waals surface area contributed by atoms with E-state index in [1.807, 2.05) is 59.3 Å². The summed E-state index contributed by atoms with van der Waals surface area (Å²) in [4.78, 5) is 20.8. The number of amides is 1. The fourth-order valence-corrected chi connectivity index (χ4v) is 3.97. The van der Waals surface area contributed by atoms with Gasteiger partial charge in [0.1, 0.15) is 0 Å². The van der Waals surface area contributed by atoms with E-state index in [0.29, 0.717) is 27.8 Å². The number of aromatic nitrogens is 3. The number of pyridine rings is 2. The van der Waals surface area contributed by atoms with Crippen LogP contribution in [0, 0.1) is 0 Å². The molecule has 0 fully saturated rings. The third-order valence-electron chi connectivity index (χ3n) is 5.25. The van der Waals surface area contributed by atoms with Gasteiger partial charge in [0.25, 0.3) is 0 Å². The number of carbonyl (C=O) groups is 1. The van der Waals surface area contributed by atoms with Crippen LogP contribution in [-0.4, -0.2) is 25.5 Å². The van der Waals surface area contributed by atoms with Gasteiger partial charge in [-0.3, -0.25) is 14.8 Å². The van der Waals surface area contributed by atoms with Crippen molar-refractivity contribution in [3.05, 3.63) is 118 Å². The number of hydrogen-bond acceptors (Lipinski definition) is 4. The summed E-state index contributed by atoms with van der Waals surface area (Å²) in [7, 11) is 0. The first kappa shape index (κ1) is 24.4. The van der Waals surface area contributed by atoms with Crippen LogP contribution in [0.4, 0.5) is 0 Å². The lowest BCUT2D eigenvalue weighted by molar-refractivity contribution is -0.116. The summed E-state index contributed by atoms with van der Waals surface area (Å²) in [6.45, 7) is 0.0288. The average molecular weight is 505 g/mol. The standard InChI is InChI=1S/C27H22Cl2N4O2/c28-24-8-9-25(27(29)23(24)18-34)33-15-1-2-22(33)17-32-26(35)10-5-20-4-7-21(31-16-20)6-3-19-11-13-30-14-12-19/h1-16,34H,17-18H2,(H,32,35)/b6-3+,10-5+. The molecule has 1 aromatic carbocycles. The van der Waals surface area contributed by atoms with Gasteiger partial charge >= 0.3 is 0 Å². The van der Waals surface area contributed by atoms with Crippen LogP contribution in [0.2, 0.25) is 10.0 Å². The molecule has 0 atom stereocenters. The fourth-order valence-electron chi connectivity index (χ4n) is 3.39. The third kappa shape index (κ3) is 6.25. The van der Waals surface area contributed by atoms with Crippen molar-refractivity contribution in [3.8, 4) is 5.69 Å². The molecule has 0 aliphatic carbocycles. The van der Waals surface area contributed by atoms with Crippen molar-refractivity contribution in [2.24, 2.45) is 0 Å². The molecule has 0 spiro atoms. The molecule has 3 heterocycles. The van der Waals surface area contributed by atoms with E-state index in [4.69, 9.17) is 23.2 Å². The van der Waals surface area contributed by atoms with Crippen LogP contribution >= 0.6 is 23.2 Å². The Morgan fingerprint density at radius 3 is 2.57 bits per heavy atom. The van der Waals surface area contributed by atoms with E-state index in [2.05, 4.69) is 15.3 Å². The second-order valence-corrected chi connectivity index (χ2v) is 8.35. The minimum Gasteiger partial charge on any atom is -0.392 e. The van der Waals surface area contributed by atoms with Gasteiger partial charge in [-0.25, -0.2) is 0 Å². The molecule has 0 radical (unpaired) electrons. The quantitative estimate of drug-likeness (QED) is 0.307. The van der Waals surface area contributed by atoms with E-state index >= 15 is 0 Å². The summed E-state index contributed by atoms with van der Waals surface area (Å²) >= 11 is 12.6. The number of nitrogens with zero attached hydrogens (tertiary/aromatic N) is 3. The van der Waals surface area contributed by atoms with Crippen molar-refractivity contribution in [2.45, 2.75) is 13.2 Å². The number of carbonyl (C=O) groups excluding carboxylic acids is 1. The van der Waals surface area contributed by atoms with Gasteiger partial charge in [-0.2, -0.15) is 0 Å². The maximum absolute atomic E-state index is 12.4. The normalized spacial score (nSPS) is 11.4. The predicted molar refractivity (Wildman–Crippen MR) is 140 cm³/mol. The second kappa shape index (κ2) is 11.6. The molecule has 0 aliphatic rings. The van der Waals surface area contributed by atoms with Crippen molar-refractivity contribution >= 4 is 47.3 Å². The van der Waals surface area contributed by atoms with Crippen molar-refractivity contribution in [2.75, 3.05) is 0 Å². The van der Waals surface area contributed by atoms with Crippen molar-refractivity contribution in [1.29, 1.82) is 0 Å². The lowest BCUT2D eigenvalue weighted by Crippen LogP contribution is -2.21. The zero-order chi connectivity index (χ0) is 24.6. The molecule has 8 heteroatoms. The molecule has 35 heavy (non-hydrogen) atoms. The van der Waals surface area contributed by atoms with Gasteiger partial charge in [0.2, 0.25) is 5.91 Å². The van der Waals surface area contributed by atoms with Crippen LogP contribution in [-0.2, 0) is 17.9 Å². The Morgan fingerprint density at radius 2 is 1.83 bits per heavy atom. The Labute approximate surface area is 213 Å². The summed E-state index contributed by atoms with van der Waals surface area (Å²) in [5.74, 6) is -0.238. The van der Waals surface area contributed by atoms with Crippen LogP contribution in [0.3, 0.4) is 0 Å². The number of aliphatic hydroxyl groups excluding tert-OH is 1. The molecule has 3 aromatic heterocycles. The highest BCUT2D eigenvalue weighted by Crippen LogP contribution is 2.31. The second-order valence-electron chi connectivity index (χ2n) is 7.57. The predicted octanol–water partition coefficient (Wildman–Crippen LogP) is 5.57. The van der Waals surface area contributed by atoms with Gasteiger partial charge < -0.3 is 15.0 Å². The van der Waals surface area contributed by atoms with E-state index in [-0.39, 0.29) is 12.5 Å². The number of nitrogens with one attached hydrogen (secondary N) is 1. The number of aliphatic hydroxyl groups is 1. The first-order valence-corrected chi connectivity index (χ1v) is 11.5. The summed E-state index contributed by atoms with van der Waals surface area (Å²) in [6, 6.07) is 14.8. The molecule has 2 N–H and O–H groups in total. The Kier molecular flexibility index (Phi) is 8.11. The molecule has 6 nitrogen and oxygen atoms in total. The van der Waals surface area contributed by atoms with E-state index in [9.17, 15) is 9.90 Å². The topological polar surface area (TPSA) is 80.0 Å². The van der Waals surface area contributed by atoms with E-state index in [1.165, 1.54) is 6.08 Å². The lowest BCUT2D eigenvalue weighted by Gasteiger charge is -2.14. The third-order valence-corrected chi connectivity index (χ3v) is 6.03. The van der Waals surface area contributed by atoms with Gasteiger partial charge in [-0.05, 0) is 65.7 Å². The van der Waals surface area contributed by atoms with Crippen LogP contribution in [0.5, 0.6) is 0 Å². The Balaban J connectivity index is 1.36. The molecule has 0 aliphatic heterocycles. The maximum atomic E-state index is 12.4. The maximum Gasteiger partial charge on any atom is 0.244 e. The van der Waals surface area contributed by atoms with Crippen LogP contribution in [0.1, 0.15) is 28.1 Å². The minimum absolute atomic E-state index is 0.238. The molecule has 0 bridgehead atoms. The van der Waals surface area contributed by atoms with Crippen LogP contribution in [0.15, 0.2) is 79.4 Å². The molecule has 176 valence electrons. The van der Waals surface area contributed by atoms with Crippen molar-refractivity contribution < 1.29 is 9.90 Å². The smallest absolute Gasteiger partial charge is 0.244 e. The average Bonchev–Trinajstić information content (AvgIpc) is 3.35. The van der Waals surface area contributed by atoms with Crippen LogP contribution in [0.25, 0.3) is 23.9 Å². The number of rotatable bonds is 8. The Bertz CT molecular complexity index is 1360. The van der Waals surface area contributed by atoms with Crippen molar-refractivity contribution in [1.82, 2.24) is 19.9 Å². The summed E-state index contributed by atoms with van der Waals surface area (Å²) in [5.41, 5.74) is 4.63. The van der Waals surface area contributed by atoms with E-state index in [0.717, 1.165) is 22.5 Å². The Morgan fingerprint density at radius 1 is 1.00 bits per heavy atom. The van der Waals surface area contributed by atoms with Gasteiger partial charge in [-0.15, -0.1) is 0 Å².